The van der Waals surface area contributed by atoms with Crippen LogP contribution < -0.4 is 5.73 Å². The molecule has 1 aromatic carbocycles. The minimum absolute atomic E-state index is 0.177. The molecule has 3 rings (SSSR count). The van der Waals surface area contributed by atoms with Crippen molar-refractivity contribution in [3.63, 3.8) is 0 Å². The molecule has 20 heavy (non-hydrogen) atoms. The van der Waals surface area contributed by atoms with E-state index in [1.165, 1.54) is 11.1 Å². The summed E-state index contributed by atoms with van der Waals surface area (Å²) >= 11 is 0. The first-order valence-corrected chi connectivity index (χ1v) is 7.81. The van der Waals surface area contributed by atoms with E-state index in [0.717, 1.165) is 25.7 Å². The van der Waals surface area contributed by atoms with Gasteiger partial charge in [0.25, 0.3) is 0 Å². The molecule has 0 spiro atoms. The summed E-state index contributed by atoms with van der Waals surface area (Å²) in [6.45, 7) is 7.31. The molecule has 0 heterocycles. The van der Waals surface area contributed by atoms with Crippen LogP contribution >= 0.6 is 0 Å². The predicted octanol–water partition coefficient (Wildman–Crippen LogP) is 2.92. The average molecular weight is 273 g/mol. The fraction of sp³-hybridized carbons (Fsp3) is 0.667. The molecule has 0 aliphatic heterocycles. The van der Waals surface area contributed by atoms with Gasteiger partial charge in [0.1, 0.15) is 0 Å². The van der Waals surface area contributed by atoms with Gasteiger partial charge in [0.05, 0.1) is 5.60 Å². The largest absolute Gasteiger partial charge is 0.389 e. The average Bonchev–Trinajstić information content (AvgIpc) is 2.86. The highest BCUT2D eigenvalue weighted by molar-refractivity contribution is 5.37. The van der Waals surface area contributed by atoms with E-state index in [2.05, 4.69) is 45.0 Å². The van der Waals surface area contributed by atoms with E-state index in [0.29, 0.717) is 12.5 Å². The van der Waals surface area contributed by atoms with E-state index >= 15 is 0 Å². The van der Waals surface area contributed by atoms with Crippen LogP contribution in [-0.4, -0.2) is 17.3 Å². The summed E-state index contributed by atoms with van der Waals surface area (Å²) in [6, 6.07) is 8.58. The number of nitrogens with two attached hydrogens (primary N) is 1. The molecular formula is C18H27NO. The Labute approximate surface area is 122 Å². The highest BCUT2D eigenvalue weighted by atomic mass is 16.3. The Bertz CT molecular complexity index is 497. The van der Waals surface area contributed by atoms with E-state index in [-0.39, 0.29) is 10.8 Å². The highest BCUT2D eigenvalue weighted by Crippen LogP contribution is 2.58. The normalized spacial score (nSPS) is 34.1. The molecule has 2 unspecified atom stereocenters. The Balaban J connectivity index is 2.00. The Morgan fingerprint density at radius 1 is 1.20 bits per heavy atom. The maximum absolute atomic E-state index is 11.5. The van der Waals surface area contributed by atoms with Crippen molar-refractivity contribution in [1.29, 1.82) is 0 Å². The van der Waals surface area contributed by atoms with Crippen LogP contribution in [0.15, 0.2) is 24.3 Å². The molecule has 0 amide bonds. The van der Waals surface area contributed by atoms with Crippen LogP contribution in [0, 0.1) is 16.7 Å². The summed E-state index contributed by atoms with van der Waals surface area (Å²) in [6.07, 6.45) is 3.81. The standard InChI is InChI=1S/C18H27NO/c1-13-8-16(2,3)11-18(13,20)17(12-19)9-14-6-4-5-7-15(14)10-17/h4-7,13,20H,8-12,19H2,1-3H3. The maximum atomic E-state index is 11.5. The molecular weight excluding hydrogens is 246 g/mol. The molecule has 0 radical (unpaired) electrons. The van der Waals surface area contributed by atoms with E-state index < -0.39 is 5.60 Å². The van der Waals surface area contributed by atoms with Crippen LogP contribution in [0.4, 0.5) is 0 Å². The van der Waals surface area contributed by atoms with Crippen LogP contribution in [0.1, 0.15) is 44.7 Å². The van der Waals surface area contributed by atoms with Crippen molar-refractivity contribution in [3.8, 4) is 0 Å². The van der Waals surface area contributed by atoms with Gasteiger partial charge in [-0.05, 0) is 48.1 Å². The molecule has 0 saturated heterocycles. The van der Waals surface area contributed by atoms with Crippen molar-refractivity contribution in [2.75, 3.05) is 6.54 Å². The van der Waals surface area contributed by atoms with Gasteiger partial charge in [-0.2, -0.15) is 0 Å². The van der Waals surface area contributed by atoms with Gasteiger partial charge < -0.3 is 10.8 Å². The molecule has 2 atom stereocenters. The fourth-order valence-electron chi connectivity index (χ4n) is 5.01. The molecule has 0 aromatic heterocycles. The molecule has 0 bridgehead atoms. The zero-order valence-corrected chi connectivity index (χ0v) is 12.9. The second-order valence-electron chi connectivity index (χ2n) is 7.98. The number of fused-ring (bicyclic) bond motifs is 1. The van der Waals surface area contributed by atoms with Gasteiger partial charge in [-0.3, -0.25) is 0 Å². The van der Waals surface area contributed by atoms with Gasteiger partial charge in [-0.25, -0.2) is 0 Å². The Morgan fingerprint density at radius 2 is 1.75 bits per heavy atom. The third-order valence-corrected chi connectivity index (χ3v) is 5.91. The Kier molecular flexibility index (Phi) is 3.04. The van der Waals surface area contributed by atoms with Gasteiger partial charge in [0, 0.05) is 12.0 Å². The van der Waals surface area contributed by atoms with E-state index in [4.69, 9.17) is 5.73 Å². The van der Waals surface area contributed by atoms with Crippen molar-refractivity contribution in [2.45, 2.75) is 52.1 Å². The van der Waals surface area contributed by atoms with Crippen molar-refractivity contribution < 1.29 is 5.11 Å². The lowest BCUT2D eigenvalue weighted by Gasteiger charge is -2.45. The summed E-state index contributed by atoms with van der Waals surface area (Å²) in [5, 5.41) is 11.5. The minimum Gasteiger partial charge on any atom is -0.389 e. The van der Waals surface area contributed by atoms with E-state index in [1.54, 1.807) is 0 Å². The lowest BCUT2D eigenvalue weighted by atomic mass is 9.64. The fourth-order valence-corrected chi connectivity index (χ4v) is 5.01. The number of hydrogen-bond acceptors (Lipinski definition) is 2. The quantitative estimate of drug-likeness (QED) is 0.870. The first-order chi connectivity index (χ1) is 9.32. The van der Waals surface area contributed by atoms with Crippen molar-refractivity contribution in [3.05, 3.63) is 35.4 Å². The lowest BCUT2D eigenvalue weighted by Crippen LogP contribution is -2.55. The third-order valence-electron chi connectivity index (χ3n) is 5.91. The molecule has 2 aliphatic carbocycles. The van der Waals surface area contributed by atoms with Gasteiger partial charge in [0.2, 0.25) is 0 Å². The molecule has 1 aromatic rings. The van der Waals surface area contributed by atoms with Crippen molar-refractivity contribution in [2.24, 2.45) is 22.5 Å². The third kappa shape index (κ3) is 1.85. The molecule has 2 aliphatic rings. The summed E-state index contributed by atoms with van der Waals surface area (Å²) in [4.78, 5) is 0. The maximum Gasteiger partial charge on any atom is 0.0752 e. The van der Waals surface area contributed by atoms with Crippen molar-refractivity contribution >= 4 is 0 Å². The van der Waals surface area contributed by atoms with Crippen LogP contribution in [0.5, 0.6) is 0 Å². The second-order valence-corrected chi connectivity index (χ2v) is 7.98. The van der Waals surface area contributed by atoms with Gasteiger partial charge in [0.15, 0.2) is 0 Å². The first-order valence-electron chi connectivity index (χ1n) is 7.81. The Morgan fingerprint density at radius 3 is 2.15 bits per heavy atom. The molecule has 3 N–H and O–H groups in total. The van der Waals surface area contributed by atoms with Crippen LogP contribution in [0.2, 0.25) is 0 Å². The number of rotatable bonds is 2. The van der Waals surface area contributed by atoms with Gasteiger partial charge >= 0.3 is 0 Å². The zero-order chi connectivity index (χ0) is 14.6. The second kappa shape index (κ2) is 4.32. The first kappa shape index (κ1) is 14.1. The lowest BCUT2D eigenvalue weighted by molar-refractivity contribution is -0.104. The zero-order valence-electron chi connectivity index (χ0n) is 12.9. The molecule has 110 valence electrons. The molecule has 1 fully saturated rings. The van der Waals surface area contributed by atoms with Crippen LogP contribution in [-0.2, 0) is 12.8 Å². The summed E-state index contributed by atoms with van der Waals surface area (Å²) in [5.74, 6) is 0.315. The predicted molar refractivity (Wildman–Crippen MR) is 82.5 cm³/mol. The number of aliphatic hydroxyl groups is 1. The smallest absolute Gasteiger partial charge is 0.0752 e. The monoisotopic (exact) mass is 273 g/mol. The van der Waals surface area contributed by atoms with Gasteiger partial charge in [-0.1, -0.05) is 45.0 Å². The summed E-state index contributed by atoms with van der Waals surface area (Å²) < 4.78 is 0. The van der Waals surface area contributed by atoms with Gasteiger partial charge in [-0.15, -0.1) is 0 Å². The topological polar surface area (TPSA) is 46.2 Å². The summed E-state index contributed by atoms with van der Waals surface area (Å²) in [7, 11) is 0. The SMILES string of the molecule is CC1CC(C)(C)CC1(O)C1(CN)Cc2ccccc2C1. The van der Waals surface area contributed by atoms with E-state index in [1.807, 2.05) is 0 Å². The highest BCUT2D eigenvalue weighted by Gasteiger charge is 2.60. The van der Waals surface area contributed by atoms with Crippen LogP contribution in [0.25, 0.3) is 0 Å². The molecule has 2 nitrogen and oxygen atoms in total. The molecule has 2 heteroatoms. The van der Waals surface area contributed by atoms with Crippen LogP contribution in [0.3, 0.4) is 0 Å². The Hall–Kier alpha value is -0.860. The van der Waals surface area contributed by atoms with Crippen molar-refractivity contribution in [1.82, 2.24) is 0 Å². The minimum atomic E-state index is -0.635. The number of benzene rings is 1. The van der Waals surface area contributed by atoms with E-state index in [9.17, 15) is 5.11 Å². The number of hydrogen-bond donors (Lipinski definition) is 2. The summed E-state index contributed by atoms with van der Waals surface area (Å²) in [5.41, 5.74) is 8.36. The molecule has 1 saturated carbocycles.